The Balaban J connectivity index is 1.53. The third kappa shape index (κ3) is 4.40. The van der Waals surface area contributed by atoms with Gasteiger partial charge in [0.1, 0.15) is 5.82 Å². The number of carbonyl (C=O) groups is 1. The molecule has 0 bridgehead atoms. The first-order valence-electron chi connectivity index (χ1n) is 10.3. The van der Waals surface area contributed by atoms with E-state index in [1.165, 1.54) is 30.0 Å². The minimum Gasteiger partial charge on any atom is -0.383 e. The normalized spacial score (nSPS) is 16.0. The molecule has 0 spiro atoms. The Labute approximate surface area is 170 Å². The highest BCUT2D eigenvalue weighted by Gasteiger charge is 2.21. The lowest BCUT2D eigenvalue weighted by Gasteiger charge is -2.28. The number of piperidine rings is 1. The van der Waals surface area contributed by atoms with Crippen LogP contribution in [0.25, 0.3) is 5.65 Å². The molecule has 1 fully saturated rings. The summed E-state index contributed by atoms with van der Waals surface area (Å²) in [6.07, 6.45) is 6.22. The summed E-state index contributed by atoms with van der Waals surface area (Å²) in [5.41, 5.74) is 9.12. The van der Waals surface area contributed by atoms with Gasteiger partial charge in [-0.1, -0.05) is 36.8 Å². The molecule has 4 rings (SSSR count). The number of anilines is 1. The highest BCUT2D eigenvalue weighted by atomic mass is 16.1. The van der Waals surface area contributed by atoms with Crippen LogP contribution in [0, 0.1) is 6.92 Å². The van der Waals surface area contributed by atoms with E-state index in [2.05, 4.69) is 32.4 Å². The second kappa shape index (κ2) is 8.61. The van der Waals surface area contributed by atoms with Crippen molar-refractivity contribution in [3.05, 3.63) is 59.4 Å². The Morgan fingerprint density at radius 3 is 2.72 bits per heavy atom. The van der Waals surface area contributed by atoms with E-state index in [1.54, 1.807) is 0 Å². The molecule has 3 N–H and O–H groups in total. The minimum absolute atomic E-state index is 0.0833. The summed E-state index contributed by atoms with van der Waals surface area (Å²) >= 11 is 0. The molecule has 152 valence electrons. The molecule has 29 heavy (non-hydrogen) atoms. The molecule has 2 aromatic heterocycles. The van der Waals surface area contributed by atoms with Crippen molar-refractivity contribution < 1.29 is 4.79 Å². The lowest BCUT2D eigenvalue weighted by Crippen LogP contribution is -2.35. The maximum absolute atomic E-state index is 13.1. The van der Waals surface area contributed by atoms with E-state index in [0.29, 0.717) is 17.0 Å². The van der Waals surface area contributed by atoms with Crippen molar-refractivity contribution in [1.29, 1.82) is 0 Å². The van der Waals surface area contributed by atoms with E-state index in [0.717, 1.165) is 37.3 Å². The summed E-state index contributed by atoms with van der Waals surface area (Å²) in [5, 5.41) is 7.51. The molecule has 1 aliphatic heterocycles. The molecule has 1 aromatic carbocycles. The number of likely N-dealkylation sites (tertiary alicyclic amines) is 1. The first-order chi connectivity index (χ1) is 14.1. The van der Waals surface area contributed by atoms with Crippen LogP contribution in [0.15, 0.2) is 42.6 Å². The second-order valence-electron chi connectivity index (χ2n) is 7.74. The zero-order valence-electron chi connectivity index (χ0n) is 16.8. The minimum atomic E-state index is -0.224. The van der Waals surface area contributed by atoms with Crippen LogP contribution in [0.2, 0.25) is 0 Å². The average Bonchev–Trinajstić information content (AvgIpc) is 3.14. The lowest BCUT2D eigenvalue weighted by molar-refractivity contribution is 0.0930. The van der Waals surface area contributed by atoms with Crippen LogP contribution in [0.4, 0.5) is 5.82 Å². The van der Waals surface area contributed by atoms with Gasteiger partial charge < -0.3 is 16.0 Å². The Hall–Kier alpha value is -2.93. The largest absolute Gasteiger partial charge is 0.383 e. The molecular weight excluding hydrogens is 364 g/mol. The van der Waals surface area contributed by atoms with Gasteiger partial charge >= 0.3 is 0 Å². The van der Waals surface area contributed by atoms with Crippen LogP contribution in [-0.4, -0.2) is 45.0 Å². The van der Waals surface area contributed by atoms with Crippen LogP contribution in [0.1, 0.15) is 53.3 Å². The fraction of sp³-hybridized carbons (Fsp3) is 0.409. The maximum atomic E-state index is 13.1. The summed E-state index contributed by atoms with van der Waals surface area (Å²) in [6, 6.07) is 11.9. The van der Waals surface area contributed by atoms with Crippen LogP contribution in [0.5, 0.6) is 0 Å². The van der Waals surface area contributed by atoms with Crippen LogP contribution in [0.3, 0.4) is 0 Å². The van der Waals surface area contributed by atoms with Crippen LogP contribution >= 0.6 is 0 Å². The Bertz CT molecular complexity index is 978. The number of amides is 1. The number of aryl methyl sites for hydroxylation is 1. The number of aromatic nitrogens is 3. The first kappa shape index (κ1) is 19.4. The van der Waals surface area contributed by atoms with Gasteiger partial charge in [0.25, 0.3) is 5.91 Å². The van der Waals surface area contributed by atoms with Gasteiger partial charge in [0.2, 0.25) is 0 Å². The van der Waals surface area contributed by atoms with Gasteiger partial charge in [0.15, 0.2) is 5.65 Å². The number of fused-ring (bicyclic) bond motifs is 1. The summed E-state index contributed by atoms with van der Waals surface area (Å²) < 4.78 is 1.52. The fourth-order valence-corrected chi connectivity index (χ4v) is 3.98. The van der Waals surface area contributed by atoms with Crippen molar-refractivity contribution in [3.63, 3.8) is 0 Å². The molecule has 3 aromatic rings. The lowest BCUT2D eigenvalue weighted by atomic mass is 10.0. The van der Waals surface area contributed by atoms with Crippen molar-refractivity contribution >= 4 is 17.4 Å². The van der Waals surface area contributed by atoms with Gasteiger partial charge in [-0.15, -0.1) is 0 Å². The molecule has 1 saturated heterocycles. The van der Waals surface area contributed by atoms with E-state index in [1.807, 2.05) is 31.2 Å². The molecule has 7 heteroatoms. The van der Waals surface area contributed by atoms with Crippen molar-refractivity contribution in [1.82, 2.24) is 24.8 Å². The fourth-order valence-electron chi connectivity index (χ4n) is 3.98. The van der Waals surface area contributed by atoms with Gasteiger partial charge in [-0.05, 0) is 44.8 Å². The second-order valence-corrected chi connectivity index (χ2v) is 7.74. The van der Waals surface area contributed by atoms with E-state index in [4.69, 9.17) is 5.73 Å². The van der Waals surface area contributed by atoms with Crippen molar-refractivity contribution in [2.24, 2.45) is 0 Å². The molecule has 0 saturated carbocycles. The molecule has 0 radical (unpaired) electrons. The monoisotopic (exact) mass is 392 g/mol. The highest BCUT2D eigenvalue weighted by Crippen LogP contribution is 2.21. The zero-order valence-corrected chi connectivity index (χ0v) is 16.8. The Kier molecular flexibility index (Phi) is 5.76. The van der Waals surface area contributed by atoms with E-state index >= 15 is 0 Å². The molecule has 0 unspecified atom stereocenters. The van der Waals surface area contributed by atoms with Crippen LogP contribution in [-0.2, 0) is 0 Å². The third-order valence-electron chi connectivity index (χ3n) is 5.58. The van der Waals surface area contributed by atoms with Crippen LogP contribution < -0.4 is 11.1 Å². The zero-order chi connectivity index (χ0) is 20.2. The summed E-state index contributed by atoms with van der Waals surface area (Å²) in [6.45, 7) is 5.12. The van der Waals surface area contributed by atoms with Gasteiger partial charge in [-0.25, -0.2) is 4.98 Å². The third-order valence-corrected chi connectivity index (χ3v) is 5.58. The number of nitrogens with zero attached hydrogens (tertiary/aromatic N) is 4. The number of benzene rings is 1. The number of nitrogen functional groups attached to an aromatic ring is 1. The number of hydrogen-bond donors (Lipinski definition) is 2. The van der Waals surface area contributed by atoms with Crippen molar-refractivity contribution in [2.45, 2.75) is 38.6 Å². The standard InChI is InChI=1S/C22H28N6O/c1-16-14-20-24-15-18(21(23)28(20)26-16)22(29)25-19(17-8-4-2-5-9-17)10-13-27-11-6-3-7-12-27/h2,4-5,8-9,14-15,19H,3,6-7,10-13,23H2,1H3,(H,25,29)/t19-/m0/s1. The van der Waals surface area contributed by atoms with Gasteiger partial charge in [0, 0.05) is 18.8 Å². The molecule has 1 amide bonds. The van der Waals surface area contributed by atoms with Gasteiger partial charge in [0.05, 0.1) is 17.3 Å². The number of carbonyl (C=O) groups excluding carboxylic acids is 1. The van der Waals surface area contributed by atoms with E-state index < -0.39 is 0 Å². The van der Waals surface area contributed by atoms with Gasteiger partial charge in [-0.2, -0.15) is 9.61 Å². The maximum Gasteiger partial charge on any atom is 0.257 e. The highest BCUT2D eigenvalue weighted by molar-refractivity contribution is 5.98. The first-order valence-corrected chi connectivity index (χ1v) is 10.3. The average molecular weight is 393 g/mol. The predicted octanol–water partition coefficient (Wildman–Crippen LogP) is 2.97. The molecular formula is C22H28N6O. The molecule has 1 atom stereocenters. The van der Waals surface area contributed by atoms with Gasteiger partial charge in [-0.3, -0.25) is 4.79 Å². The van der Waals surface area contributed by atoms with Crippen molar-refractivity contribution in [2.75, 3.05) is 25.4 Å². The van der Waals surface area contributed by atoms with E-state index in [-0.39, 0.29) is 11.9 Å². The molecule has 1 aliphatic rings. The SMILES string of the molecule is Cc1cc2ncc(C(=O)N[C@@H](CCN3CCCCC3)c3ccccc3)c(N)n2n1. The topological polar surface area (TPSA) is 88.5 Å². The molecule has 0 aliphatic carbocycles. The number of nitrogens with one attached hydrogen (secondary N) is 1. The summed E-state index contributed by atoms with van der Waals surface area (Å²) in [7, 11) is 0. The molecule has 7 nitrogen and oxygen atoms in total. The van der Waals surface area contributed by atoms with E-state index in [9.17, 15) is 4.79 Å². The Morgan fingerprint density at radius 2 is 1.97 bits per heavy atom. The number of rotatable bonds is 6. The Morgan fingerprint density at radius 1 is 1.21 bits per heavy atom. The smallest absolute Gasteiger partial charge is 0.257 e. The predicted molar refractivity (Wildman–Crippen MR) is 114 cm³/mol. The summed E-state index contributed by atoms with van der Waals surface area (Å²) in [5.74, 6) is 0.0843. The van der Waals surface area contributed by atoms with Crippen molar-refractivity contribution in [3.8, 4) is 0 Å². The quantitative estimate of drug-likeness (QED) is 0.673. The number of hydrogen-bond acceptors (Lipinski definition) is 5. The number of nitrogens with two attached hydrogens (primary N) is 1. The molecule has 3 heterocycles. The summed E-state index contributed by atoms with van der Waals surface area (Å²) in [4.78, 5) is 19.9.